The number of hydrogen-bond donors (Lipinski definition) is 1. The first kappa shape index (κ1) is 16.7. The van der Waals surface area contributed by atoms with Crippen LogP contribution in [0, 0.1) is 5.41 Å². The lowest BCUT2D eigenvalue weighted by Gasteiger charge is -2.41. The predicted octanol–water partition coefficient (Wildman–Crippen LogP) is -0.212. The highest BCUT2D eigenvalue weighted by atomic mass is 16.2. The number of carbonyl (C=O) groups excluding carboxylic acids is 4. The maximum Gasteiger partial charge on any atom is 0.325 e. The van der Waals surface area contributed by atoms with Crippen LogP contribution in [0.4, 0.5) is 4.79 Å². The van der Waals surface area contributed by atoms with Crippen molar-refractivity contribution in [3.8, 4) is 0 Å². The van der Waals surface area contributed by atoms with Crippen LogP contribution in [0.1, 0.15) is 33.1 Å². The first-order valence-corrected chi connectivity index (χ1v) is 8.50. The van der Waals surface area contributed by atoms with E-state index in [-0.39, 0.29) is 36.9 Å². The van der Waals surface area contributed by atoms with Gasteiger partial charge in [0.1, 0.15) is 13.1 Å². The third-order valence-corrected chi connectivity index (χ3v) is 5.29. The second-order valence-electron chi connectivity index (χ2n) is 7.25. The smallest absolute Gasteiger partial charge is 0.325 e. The molecule has 1 N–H and O–H groups in total. The van der Waals surface area contributed by atoms with Crippen molar-refractivity contribution < 1.29 is 19.2 Å². The molecule has 0 saturated carbocycles. The maximum atomic E-state index is 12.9. The van der Waals surface area contributed by atoms with Crippen molar-refractivity contribution in [3.63, 3.8) is 0 Å². The molecule has 8 nitrogen and oxygen atoms in total. The van der Waals surface area contributed by atoms with E-state index in [1.165, 1.54) is 4.90 Å². The van der Waals surface area contributed by atoms with Crippen LogP contribution in [0.2, 0.25) is 0 Å². The van der Waals surface area contributed by atoms with E-state index in [4.69, 9.17) is 0 Å². The molecule has 0 aliphatic carbocycles. The fourth-order valence-corrected chi connectivity index (χ4v) is 3.93. The van der Waals surface area contributed by atoms with Crippen LogP contribution >= 0.6 is 0 Å². The van der Waals surface area contributed by atoms with Crippen LogP contribution in [0.25, 0.3) is 0 Å². The van der Waals surface area contributed by atoms with E-state index in [9.17, 15) is 19.2 Å². The van der Waals surface area contributed by atoms with Gasteiger partial charge in [-0.3, -0.25) is 19.7 Å². The van der Waals surface area contributed by atoms with E-state index in [1.807, 2.05) is 18.7 Å². The minimum absolute atomic E-state index is 0.0797. The number of urea groups is 1. The summed E-state index contributed by atoms with van der Waals surface area (Å²) in [5.41, 5.74) is -0.471. The van der Waals surface area contributed by atoms with Gasteiger partial charge in [0, 0.05) is 25.7 Å². The zero-order chi connectivity index (χ0) is 17.5. The zero-order valence-corrected chi connectivity index (χ0v) is 14.2. The average Bonchev–Trinajstić information content (AvgIpc) is 3.07. The monoisotopic (exact) mass is 336 g/mol. The van der Waals surface area contributed by atoms with Crippen molar-refractivity contribution in [2.24, 2.45) is 5.41 Å². The van der Waals surface area contributed by atoms with Gasteiger partial charge in [-0.25, -0.2) is 4.79 Å². The Morgan fingerprint density at radius 3 is 2.58 bits per heavy atom. The Bertz CT molecular complexity index is 591. The SMILES string of the molecule is CC(C)N1CCC[C@@]2(CCN(C(=O)CN3CC(=O)NC3=O)C2)C1=O. The Hall–Kier alpha value is -2.12. The van der Waals surface area contributed by atoms with Gasteiger partial charge in [0.05, 0.1) is 5.41 Å². The van der Waals surface area contributed by atoms with Crippen molar-refractivity contribution in [3.05, 3.63) is 0 Å². The summed E-state index contributed by atoms with van der Waals surface area (Å²) < 4.78 is 0. The molecule has 8 heteroatoms. The molecular formula is C16H24N4O4. The fourth-order valence-electron chi connectivity index (χ4n) is 3.93. The highest BCUT2D eigenvalue weighted by Gasteiger charge is 2.50. The largest absolute Gasteiger partial charge is 0.340 e. The van der Waals surface area contributed by atoms with Gasteiger partial charge in [0.2, 0.25) is 17.7 Å². The van der Waals surface area contributed by atoms with E-state index in [1.54, 1.807) is 4.90 Å². The standard InChI is InChI=1S/C16H24N4O4/c1-11(2)20-6-3-4-16(14(20)23)5-7-18(10-16)13(22)9-19-8-12(21)17-15(19)24/h11H,3-10H2,1-2H3,(H,17,21,24)/t16-/m0/s1. The number of amides is 5. The Labute approximate surface area is 141 Å². The number of hydrogen-bond acceptors (Lipinski definition) is 4. The zero-order valence-electron chi connectivity index (χ0n) is 14.2. The van der Waals surface area contributed by atoms with E-state index in [0.29, 0.717) is 19.5 Å². The molecule has 0 bridgehead atoms. The lowest BCUT2D eigenvalue weighted by Crippen LogP contribution is -2.53. The number of rotatable bonds is 3. The van der Waals surface area contributed by atoms with Gasteiger partial charge in [-0.15, -0.1) is 0 Å². The molecule has 3 saturated heterocycles. The van der Waals surface area contributed by atoms with Crippen LogP contribution in [0.15, 0.2) is 0 Å². The Morgan fingerprint density at radius 2 is 1.96 bits per heavy atom. The molecule has 0 aromatic heterocycles. The average molecular weight is 336 g/mol. The van der Waals surface area contributed by atoms with E-state index in [2.05, 4.69) is 5.32 Å². The summed E-state index contributed by atoms with van der Waals surface area (Å²) in [6, 6.07) is -0.360. The Balaban J connectivity index is 1.64. The van der Waals surface area contributed by atoms with Crippen molar-refractivity contribution in [1.29, 1.82) is 0 Å². The van der Waals surface area contributed by atoms with Gasteiger partial charge >= 0.3 is 6.03 Å². The number of piperidine rings is 1. The van der Waals surface area contributed by atoms with Gasteiger partial charge < -0.3 is 14.7 Å². The molecule has 0 radical (unpaired) electrons. The van der Waals surface area contributed by atoms with Gasteiger partial charge in [0.25, 0.3) is 0 Å². The number of carbonyl (C=O) groups is 4. The number of nitrogens with one attached hydrogen (secondary N) is 1. The summed E-state index contributed by atoms with van der Waals surface area (Å²) in [4.78, 5) is 52.9. The second-order valence-corrected chi connectivity index (χ2v) is 7.25. The summed E-state index contributed by atoms with van der Waals surface area (Å²) in [6.45, 7) is 5.55. The first-order chi connectivity index (χ1) is 11.3. The van der Waals surface area contributed by atoms with E-state index >= 15 is 0 Å². The highest BCUT2D eigenvalue weighted by molar-refractivity contribution is 6.03. The van der Waals surface area contributed by atoms with Crippen molar-refractivity contribution in [1.82, 2.24) is 20.0 Å². The molecular weight excluding hydrogens is 312 g/mol. The summed E-state index contributed by atoms with van der Waals surface area (Å²) in [7, 11) is 0. The molecule has 3 fully saturated rings. The third kappa shape index (κ3) is 2.85. The maximum absolute atomic E-state index is 12.9. The topological polar surface area (TPSA) is 90.0 Å². The van der Waals surface area contributed by atoms with Gasteiger partial charge in [-0.2, -0.15) is 0 Å². The molecule has 3 rings (SSSR count). The van der Waals surface area contributed by atoms with Crippen molar-refractivity contribution in [2.75, 3.05) is 32.7 Å². The van der Waals surface area contributed by atoms with Gasteiger partial charge in [-0.05, 0) is 33.1 Å². The normalized spacial score (nSPS) is 27.6. The molecule has 5 amide bonds. The van der Waals surface area contributed by atoms with E-state index in [0.717, 1.165) is 19.4 Å². The lowest BCUT2D eigenvalue weighted by atomic mass is 9.78. The molecule has 3 aliphatic heterocycles. The van der Waals surface area contributed by atoms with Gasteiger partial charge in [0.15, 0.2) is 0 Å². The minimum Gasteiger partial charge on any atom is -0.340 e. The number of nitrogens with zero attached hydrogens (tertiary/aromatic N) is 3. The van der Waals surface area contributed by atoms with Crippen LogP contribution in [0.5, 0.6) is 0 Å². The van der Waals surface area contributed by atoms with Crippen molar-refractivity contribution >= 4 is 23.8 Å². The van der Waals surface area contributed by atoms with Gasteiger partial charge in [-0.1, -0.05) is 0 Å². The molecule has 0 aromatic carbocycles. The Morgan fingerprint density at radius 1 is 1.21 bits per heavy atom. The lowest BCUT2D eigenvalue weighted by molar-refractivity contribution is -0.148. The molecule has 0 aromatic rings. The number of likely N-dealkylation sites (tertiary alicyclic amines) is 2. The molecule has 3 aliphatic rings. The summed E-state index contributed by atoms with van der Waals surface area (Å²) in [5.74, 6) is -0.444. The van der Waals surface area contributed by atoms with Crippen molar-refractivity contribution in [2.45, 2.75) is 39.2 Å². The highest BCUT2D eigenvalue weighted by Crippen LogP contribution is 2.40. The van der Waals surface area contributed by atoms with Crippen LogP contribution < -0.4 is 5.32 Å². The molecule has 0 unspecified atom stereocenters. The third-order valence-electron chi connectivity index (χ3n) is 5.29. The van der Waals surface area contributed by atoms with Crippen LogP contribution in [-0.4, -0.2) is 77.2 Å². The summed E-state index contributed by atoms with van der Waals surface area (Å²) >= 11 is 0. The van der Waals surface area contributed by atoms with Crippen LogP contribution in [0.3, 0.4) is 0 Å². The predicted molar refractivity (Wildman–Crippen MR) is 84.8 cm³/mol. The second kappa shape index (κ2) is 6.07. The first-order valence-electron chi connectivity index (χ1n) is 8.50. The number of imide groups is 1. The molecule has 132 valence electrons. The summed E-state index contributed by atoms with van der Waals surface area (Å²) in [6.07, 6.45) is 2.43. The molecule has 3 heterocycles. The molecule has 1 spiro atoms. The molecule has 24 heavy (non-hydrogen) atoms. The quantitative estimate of drug-likeness (QED) is 0.722. The Kier molecular flexibility index (Phi) is 4.23. The fraction of sp³-hybridized carbons (Fsp3) is 0.750. The minimum atomic E-state index is -0.526. The van der Waals surface area contributed by atoms with Crippen LogP contribution in [-0.2, 0) is 14.4 Å². The summed E-state index contributed by atoms with van der Waals surface area (Å²) in [5, 5.41) is 2.16. The molecule has 1 atom stereocenters. The van der Waals surface area contributed by atoms with E-state index < -0.39 is 11.4 Å².